The number of benzene rings is 3. The maximum Gasteiger partial charge on any atom is 0.275 e. The highest BCUT2D eigenvalue weighted by atomic mass is 16.5. The Hall–Kier alpha value is -4.33. The van der Waals surface area contributed by atoms with E-state index in [1.807, 2.05) is 6.07 Å². The number of fused-ring (bicyclic) bond motifs is 1. The Labute approximate surface area is 184 Å². The van der Waals surface area contributed by atoms with Crippen LogP contribution in [-0.2, 0) is 11.3 Å². The van der Waals surface area contributed by atoms with Crippen molar-refractivity contribution in [2.75, 3.05) is 19.5 Å². The fourth-order valence-corrected chi connectivity index (χ4v) is 3.18. The van der Waals surface area contributed by atoms with E-state index >= 15 is 0 Å². The first-order valence-corrected chi connectivity index (χ1v) is 9.82. The van der Waals surface area contributed by atoms with E-state index in [9.17, 15) is 9.59 Å². The van der Waals surface area contributed by atoms with E-state index in [4.69, 9.17) is 14.2 Å². The number of carbonyl (C=O) groups is 1. The Morgan fingerprint density at radius 3 is 2.44 bits per heavy atom. The van der Waals surface area contributed by atoms with Crippen LogP contribution < -0.4 is 25.1 Å². The van der Waals surface area contributed by atoms with Crippen LogP contribution in [0.4, 0.5) is 5.69 Å². The summed E-state index contributed by atoms with van der Waals surface area (Å²) < 4.78 is 17.6. The van der Waals surface area contributed by atoms with Gasteiger partial charge < -0.3 is 19.5 Å². The summed E-state index contributed by atoms with van der Waals surface area (Å²) in [5.41, 5.74) is 0.171. The zero-order chi connectivity index (χ0) is 22.5. The van der Waals surface area contributed by atoms with Crippen molar-refractivity contribution in [1.82, 2.24) is 9.78 Å². The number of amides is 1. The molecule has 0 saturated heterocycles. The summed E-state index contributed by atoms with van der Waals surface area (Å²) in [4.78, 5) is 25.1. The second-order valence-corrected chi connectivity index (χ2v) is 6.89. The monoisotopic (exact) mass is 431 g/mol. The highest BCUT2D eigenvalue weighted by Crippen LogP contribution is 2.34. The van der Waals surface area contributed by atoms with Gasteiger partial charge in [0.25, 0.3) is 5.56 Å². The van der Waals surface area contributed by atoms with Crippen LogP contribution >= 0.6 is 0 Å². The van der Waals surface area contributed by atoms with E-state index in [0.717, 1.165) is 10.1 Å². The molecule has 1 heterocycles. The van der Waals surface area contributed by atoms with Crippen molar-refractivity contribution in [1.29, 1.82) is 0 Å². The first kappa shape index (κ1) is 20.9. The van der Waals surface area contributed by atoms with Crippen molar-refractivity contribution >= 4 is 22.4 Å². The van der Waals surface area contributed by atoms with Gasteiger partial charge in [0, 0.05) is 17.1 Å². The largest absolute Gasteiger partial charge is 0.497 e. The quantitative estimate of drug-likeness (QED) is 0.478. The standard InChI is InChI=1S/C24H21N3O5/c1-30-18-8-10-19(11-9-18)32-22-13-17(7-12-21(22)31-2)26-23(28)15-27-24(29)20-6-4-3-5-16(20)14-25-27/h3-14H,15H2,1-2H3,(H,26,28). The highest BCUT2D eigenvalue weighted by molar-refractivity contribution is 5.91. The molecule has 0 fully saturated rings. The lowest BCUT2D eigenvalue weighted by Gasteiger charge is -2.13. The summed E-state index contributed by atoms with van der Waals surface area (Å²) in [5, 5.41) is 8.09. The van der Waals surface area contributed by atoms with Gasteiger partial charge >= 0.3 is 0 Å². The molecule has 0 aliphatic heterocycles. The number of ether oxygens (including phenoxy) is 3. The van der Waals surface area contributed by atoms with E-state index < -0.39 is 5.91 Å². The van der Waals surface area contributed by atoms with Gasteiger partial charge in [-0.15, -0.1) is 0 Å². The lowest BCUT2D eigenvalue weighted by Crippen LogP contribution is -2.29. The molecule has 0 saturated carbocycles. The van der Waals surface area contributed by atoms with Gasteiger partial charge in [-0.1, -0.05) is 18.2 Å². The molecular formula is C24H21N3O5. The fraction of sp³-hybridized carbons (Fsp3) is 0.125. The van der Waals surface area contributed by atoms with Crippen molar-refractivity contribution in [3.8, 4) is 23.0 Å². The van der Waals surface area contributed by atoms with Crippen molar-refractivity contribution in [3.05, 3.63) is 83.3 Å². The molecule has 8 heteroatoms. The third-order valence-electron chi connectivity index (χ3n) is 4.79. The maximum absolute atomic E-state index is 12.6. The number of aromatic nitrogens is 2. The molecule has 162 valence electrons. The summed E-state index contributed by atoms with van der Waals surface area (Å²) in [7, 11) is 3.12. The summed E-state index contributed by atoms with van der Waals surface area (Å²) in [5.74, 6) is 1.83. The smallest absolute Gasteiger partial charge is 0.275 e. The number of hydrogen-bond donors (Lipinski definition) is 1. The molecule has 8 nitrogen and oxygen atoms in total. The average Bonchev–Trinajstić information content (AvgIpc) is 2.82. The summed E-state index contributed by atoms with van der Waals surface area (Å²) in [6.45, 7) is -0.218. The number of nitrogens with one attached hydrogen (secondary N) is 1. The summed E-state index contributed by atoms with van der Waals surface area (Å²) >= 11 is 0. The van der Waals surface area contributed by atoms with Crippen molar-refractivity contribution in [2.24, 2.45) is 0 Å². The number of hydrogen-bond acceptors (Lipinski definition) is 6. The first-order chi connectivity index (χ1) is 15.6. The van der Waals surface area contributed by atoms with Gasteiger partial charge in [0.2, 0.25) is 5.91 Å². The molecule has 1 amide bonds. The van der Waals surface area contributed by atoms with Crippen LogP contribution in [0.5, 0.6) is 23.0 Å². The molecule has 4 rings (SSSR count). The second kappa shape index (κ2) is 9.22. The molecule has 0 radical (unpaired) electrons. The number of anilines is 1. The first-order valence-electron chi connectivity index (χ1n) is 9.82. The molecule has 0 unspecified atom stereocenters. The molecular weight excluding hydrogens is 410 g/mol. The molecule has 3 aromatic carbocycles. The number of rotatable bonds is 7. The van der Waals surface area contributed by atoms with Crippen molar-refractivity contribution in [3.63, 3.8) is 0 Å². The molecule has 0 atom stereocenters. The van der Waals surface area contributed by atoms with Crippen LogP contribution in [-0.4, -0.2) is 29.9 Å². The van der Waals surface area contributed by atoms with Gasteiger partial charge in [-0.25, -0.2) is 4.68 Å². The third-order valence-corrected chi connectivity index (χ3v) is 4.79. The van der Waals surface area contributed by atoms with Crippen LogP contribution in [0.25, 0.3) is 10.8 Å². The minimum absolute atomic E-state index is 0.218. The Morgan fingerprint density at radius 1 is 0.938 bits per heavy atom. The van der Waals surface area contributed by atoms with Gasteiger partial charge in [-0.05, 0) is 42.5 Å². The predicted molar refractivity (Wildman–Crippen MR) is 121 cm³/mol. The van der Waals surface area contributed by atoms with Crippen molar-refractivity contribution in [2.45, 2.75) is 6.54 Å². The molecule has 0 aliphatic carbocycles. The van der Waals surface area contributed by atoms with Gasteiger partial charge in [0.15, 0.2) is 11.5 Å². The summed E-state index contributed by atoms with van der Waals surface area (Å²) in [6, 6.07) is 19.2. The third kappa shape index (κ3) is 4.54. The Bertz CT molecular complexity index is 1320. The van der Waals surface area contributed by atoms with Gasteiger partial charge in [-0.2, -0.15) is 5.10 Å². The van der Waals surface area contributed by atoms with E-state index in [1.54, 1.807) is 74.0 Å². The minimum atomic E-state index is -0.393. The number of nitrogens with zero attached hydrogens (tertiary/aromatic N) is 2. The predicted octanol–water partition coefficient (Wildman–Crippen LogP) is 3.84. The Morgan fingerprint density at radius 2 is 1.69 bits per heavy atom. The minimum Gasteiger partial charge on any atom is -0.497 e. The molecule has 4 aromatic rings. The average molecular weight is 431 g/mol. The van der Waals surface area contributed by atoms with Crippen LogP contribution in [0.2, 0.25) is 0 Å². The lowest BCUT2D eigenvalue weighted by atomic mass is 10.2. The van der Waals surface area contributed by atoms with Crippen LogP contribution in [0.1, 0.15) is 0 Å². The molecule has 0 spiro atoms. The number of carbonyl (C=O) groups excluding carboxylic acids is 1. The normalized spacial score (nSPS) is 10.6. The van der Waals surface area contributed by atoms with E-state index in [0.29, 0.717) is 34.1 Å². The van der Waals surface area contributed by atoms with E-state index in [1.165, 1.54) is 7.11 Å². The zero-order valence-corrected chi connectivity index (χ0v) is 17.6. The Kier molecular flexibility index (Phi) is 6.03. The molecule has 0 aliphatic rings. The Balaban J connectivity index is 1.51. The van der Waals surface area contributed by atoms with Gasteiger partial charge in [-0.3, -0.25) is 9.59 Å². The molecule has 32 heavy (non-hydrogen) atoms. The SMILES string of the molecule is COc1ccc(Oc2cc(NC(=O)Cn3ncc4ccccc4c3=O)ccc2OC)cc1. The summed E-state index contributed by atoms with van der Waals surface area (Å²) in [6.07, 6.45) is 1.57. The topological polar surface area (TPSA) is 91.7 Å². The van der Waals surface area contributed by atoms with Crippen LogP contribution in [0.15, 0.2) is 77.7 Å². The zero-order valence-electron chi connectivity index (χ0n) is 17.6. The molecule has 0 bridgehead atoms. The number of methoxy groups -OCH3 is 2. The maximum atomic E-state index is 12.6. The van der Waals surface area contributed by atoms with E-state index in [2.05, 4.69) is 10.4 Å². The lowest BCUT2D eigenvalue weighted by molar-refractivity contribution is -0.117. The van der Waals surface area contributed by atoms with Gasteiger partial charge in [0.05, 0.1) is 25.8 Å². The molecule has 1 N–H and O–H groups in total. The van der Waals surface area contributed by atoms with Crippen LogP contribution in [0.3, 0.4) is 0 Å². The van der Waals surface area contributed by atoms with Crippen LogP contribution in [0, 0.1) is 0 Å². The van der Waals surface area contributed by atoms with E-state index in [-0.39, 0.29) is 12.1 Å². The highest BCUT2D eigenvalue weighted by Gasteiger charge is 2.12. The van der Waals surface area contributed by atoms with Gasteiger partial charge in [0.1, 0.15) is 18.0 Å². The second-order valence-electron chi connectivity index (χ2n) is 6.89. The molecule has 1 aromatic heterocycles. The van der Waals surface area contributed by atoms with Crippen molar-refractivity contribution < 1.29 is 19.0 Å². The fourth-order valence-electron chi connectivity index (χ4n) is 3.18.